The standard InChI is InChI=1S/C19H14FN5O3S/c1-2-25-13-6-4-3-5-11(13)15(26)14(18(25)28)16(27)22-19-24-23-17(29-19)12-8-7-10(20)9-21-12/h3-9,26H,2H2,1H3,(H,22,24,27). The van der Waals surface area contributed by atoms with Crippen molar-refractivity contribution < 1.29 is 14.3 Å². The third kappa shape index (κ3) is 3.34. The maximum atomic E-state index is 13.0. The van der Waals surface area contributed by atoms with Crippen molar-refractivity contribution in [1.82, 2.24) is 19.7 Å². The van der Waals surface area contributed by atoms with Gasteiger partial charge in [0.1, 0.15) is 22.8 Å². The van der Waals surface area contributed by atoms with Gasteiger partial charge in [0.15, 0.2) is 5.01 Å². The average molecular weight is 411 g/mol. The number of aryl methyl sites for hydroxylation is 1. The molecule has 0 saturated carbocycles. The van der Waals surface area contributed by atoms with Crippen LogP contribution in [0.4, 0.5) is 9.52 Å². The van der Waals surface area contributed by atoms with Crippen LogP contribution in [0, 0.1) is 5.82 Å². The minimum atomic E-state index is -0.796. The Morgan fingerprint density at radius 3 is 2.76 bits per heavy atom. The smallest absolute Gasteiger partial charge is 0.267 e. The van der Waals surface area contributed by atoms with Gasteiger partial charge in [0.2, 0.25) is 5.13 Å². The van der Waals surface area contributed by atoms with Gasteiger partial charge < -0.3 is 9.67 Å². The first kappa shape index (κ1) is 18.7. The van der Waals surface area contributed by atoms with E-state index in [4.69, 9.17) is 0 Å². The molecule has 0 atom stereocenters. The summed E-state index contributed by atoms with van der Waals surface area (Å²) in [6, 6.07) is 9.48. The first-order chi connectivity index (χ1) is 14.0. The van der Waals surface area contributed by atoms with Crippen molar-refractivity contribution in [2.24, 2.45) is 0 Å². The summed E-state index contributed by atoms with van der Waals surface area (Å²) in [5.41, 5.74) is -0.0470. The summed E-state index contributed by atoms with van der Waals surface area (Å²) in [5.74, 6) is -1.67. The van der Waals surface area contributed by atoms with Crippen molar-refractivity contribution in [3.05, 3.63) is 64.3 Å². The number of hydrogen-bond acceptors (Lipinski definition) is 7. The van der Waals surface area contributed by atoms with Crippen molar-refractivity contribution in [3.63, 3.8) is 0 Å². The van der Waals surface area contributed by atoms with Crippen molar-refractivity contribution in [3.8, 4) is 16.5 Å². The number of para-hydroxylation sites is 1. The van der Waals surface area contributed by atoms with Gasteiger partial charge in [-0.1, -0.05) is 23.5 Å². The zero-order valence-corrected chi connectivity index (χ0v) is 15.9. The average Bonchev–Trinajstić information content (AvgIpc) is 3.17. The second-order valence-electron chi connectivity index (χ2n) is 6.02. The number of halogens is 1. The molecule has 0 aliphatic rings. The third-order valence-electron chi connectivity index (χ3n) is 4.28. The van der Waals surface area contributed by atoms with E-state index in [0.717, 1.165) is 17.5 Å². The second-order valence-corrected chi connectivity index (χ2v) is 7.00. The largest absolute Gasteiger partial charge is 0.506 e. The fraction of sp³-hybridized carbons (Fsp3) is 0.105. The zero-order valence-electron chi connectivity index (χ0n) is 15.1. The van der Waals surface area contributed by atoms with Gasteiger partial charge in [0.05, 0.1) is 11.7 Å². The lowest BCUT2D eigenvalue weighted by molar-refractivity contribution is 0.102. The molecule has 8 nitrogen and oxygen atoms in total. The Kier molecular flexibility index (Phi) is 4.77. The molecule has 4 rings (SSSR count). The van der Waals surface area contributed by atoms with Crippen LogP contribution in [0.25, 0.3) is 21.6 Å². The van der Waals surface area contributed by atoms with Gasteiger partial charge in [-0.05, 0) is 31.2 Å². The van der Waals surface area contributed by atoms with Gasteiger partial charge in [-0.2, -0.15) is 0 Å². The first-order valence-electron chi connectivity index (χ1n) is 8.61. The molecule has 29 heavy (non-hydrogen) atoms. The van der Waals surface area contributed by atoms with Crippen molar-refractivity contribution in [2.75, 3.05) is 5.32 Å². The summed E-state index contributed by atoms with van der Waals surface area (Å²) < 4.78 is 14.4. The number of rotatable bonds is 4. The van der Waals surface area contributed by atoms with Crippen LogP contribution in [0.2, 0.25) is 0 Å². The molecule has 4 aromatic rings. The van der Waals surface area contributed by atoms with Crippen LogP contribution in [0.3, 0.4) is 0 Å². The fourth-order valence-corrected chi connectivity index (χ4v) is 3.66. The molecule has 3 heterocycles. The Labute approximate surface area is 167 Å². The van der Waals surface area contributed by atoms with Gasteiger partial charge in [-0.3, -0.25) is 19.9 Å². The summed E-state index contributed by atoms with van der Waals surface area (Å²) in [4.78, 5) is 29.4. The van der Waals surface area contributed by atoms with Crippen molar-refractivity contribution in [2.45, 2.75) is 13.5 Å². The predicted octanol–water partition coefficient (Wildman–Crippen LogP) is 3.03. The number of fused-ring (bicyclic) bond motifs is 1. The molecule has 0 bridgehead atoms. The van der Waals surface area contributed by atoms with E-state index in [-0.39, 0.29) is 10.7 Å². The van der Waals surface area contributed by atoms with E-state index in [9.17, 15) is 19.1 Å². The number of benzene rings is 1. The van der Waals surface area contributed by atoms with Crippen LogP contribution in [-0.2, 0) is 6.54 Å². The molecule has 0 radical (unpaired) electrons. The van der Waals surface area contributed by atoms with Gasteiger partial charge in [-0.15, -0.1) is 10.2 Å². The minimum absolute atomic E-state index is 0.117. The summed E-state index contributed by atoms with van der Waals surface area (Å²) >= 11 is 1.01. The monoisotopic (exact) mass is 411 g/mol. The Morgan fingerprint density at radius 2 is 2.03 bits per heavy atom. The van der Waals surface area contributed by atoms with Gasteiger partial charge >= 0.3 is 0 Å². The summed E-state index contributed by atoms with van der Waals surface area (Å²) in [6.07, 6.45) is 1.05. The number of hydrogen-bond donors (Lipinski definition) is 2. The second kappa shape index (κ2) is 7.40. The molecule has 0 fully saturated rings. The van der Waals surface area contributed by atoms with Gasteiger partial charge in [0.25, 0.3) is 11.5 Å². The number of carbonyl (C=O) groups excluding carboxylic acids is 1. The van der Waals surface area contributed by atoms with Gasteiger partial charge in [-0.25, -0.2) is 4.39 Å². The van der Waals surface area contributed by atoms with Crippen LogP contribution < -0.4 is 10.9 Å². The zero-order chi connectivity index (χ0) is 20.5. The Hall–Kier alpha value is -3.66. The van der Waals surface area contributed by atoms with E-state index >= 15 is 0 Å². The lowest BCUT2D eigenvalue weighted by Crippen LogP contribution is -2.29. The molecule has 1 aromatic carbocycles. The summed E-state index contributed by atoms with van der Waals surface area (Å²) in [5, 5.41) is 21.7. The highest BCUT2D eigenvalue weighted by molar-refractivity contribution is 7.18. The lowest BCUT2D eigenvalue weighted by Gasteiger charge is -2.12. The number of pyridine rings is 2. The highest BCUT2D eigenvalue weighted by atomic mass is 32.1. The fourth-order valence-electron chi connectivity index (χ4n) is 2.95. The van der Waals surface area contributed by atoms with Crippen LogP contribution >= 0.6 is 11.3 Å². The van der Waals surface area contributed by atoms with E-state index in [1.807, 2.05) is 0 Å². The molecule has 0 spiro atoms. The maximum absolute atomic E-state index is 13.0. The topological polar surface area (TPSA) is 110 Å². The van der Waals surface area contributed by atoms with Crippen molar-refractivity contribution >= 4 is 33.3 Å². The molecular weight excluding hydrogens is 397 g/mol. The van der Waals surface area contributed by atoms with E-state index in [1.165, 1.54) is 16.7 Å². The molecule has 0 saturated heterocycles. The molecule has 1 amide bonds. The van der Waals surface area contributed by atoms with Crippen molar-refractivity contribution in [1.29, 1.82) is 0 Å². The van der Waals surface area contributed by atoms with Crippen LogP contribution in [0.1, 0.15) is 17.3 Å². The molecule has 0 aliphatic heterocycles. The number of carbonyl (C=O) groups is 1. The lowest BCUT2D eigenvalue weighted by atomic mass is 10.1. The number of aromatic nitrogens is 4. The van der Waals surface area contributed by atoms with Gasteiger partial charge in [0, 0.05) is 11.9 Å². The molecule has 0 aliphatic carbocycles. The predicted molar refractivity (Wildman–Crippen MR) is 107 cm³/mol. The Bertz CT molecular complexity index is 1280. The number of nitrogens with one attached hydrogen (secondary N) is 1. The first-order valence-corrected chi connectivity index (χ1v) is 9.42. The third-order valence-corrected chi connectivity index (χ3v) is 5.14. The maximum Gasteiger partial charge on any atom is 0.267 e. The summed E-state index contributed by atoms with van der Waals surface area (Å²) in [7, 11) is 0. The molecule has 0 unspecified atom stereocenters. The molecule has 3 aromatic heterocycles. The van der Waals surface area contributed by atoms with Crippen LogP contribution in [0.5, 0.6) is 5.75 Å². The number of aromatic hydroxyl groups is 1. The molecule has 146 valence electrons. The number of nitrogens with zero attached hydrogens (tertiary/aromatic N) is 4. The molecule has 2 N–H and O–H groups in total. The van der Waals surface area contributed by atoms with Crippen LogP contribution in [-0.4, -0.2) is 30.8 Å². The van der Waals surface area contributed by atoms with Crippen LogP contribution in [0.15, 0.2) is 47.4 Å². The highest BCUT2D eigenvalue weighted by Gasteiger charge is 2.23. The number of anilines is 1. The van der Waals surface area contributed by atoms with E-state index in [2.05, 4.69) is 20.5 Å². The Morgan fingerprint density at radius 1 is 1.24 bits per heavy atom. The highest BCUT2D eigenvalue weighted by Crippen LogP contribution is 2.28. The SMILES string of the molecule is CCn1c(=O)c(C(=O)Nc2nnc(-c3ccc(F)cn3)s2)c(O)c2ccccc21. The van der Waals surface area contributed by atoms with E-state index in [1.54, 1.807) is 31.2 Å². The quantitative estimate of drug-likeness (QED) is 0.534. The van der Waals surface area contributed by atoms with E-state index in [0.29, 0.717) is 28.1 Å². The van der Waals surface area contributed by atoms with E-state index < -0.39 is 23.0 Å². The Balaban J connectivity index is 1.70. The molecule has 10 heteroatoms. The number of amides is 1. The molecular formula is C19H14FN5O3S. The minimum Gasteiger partial charge on any atom is -0.506 e. The summed E-state index contributed by atoms with van der Waals surface area (Å²) in [6.45, 7) is 2.11. The normalized spacial score (nSPS) is 11.0.